The molecule has 3 unspecified atom stereocenters. The second-order valence-electron chi connectivity index (χ2n) is 4.74. The molecule has 0 aliphatic heterocycles. The smallest absolute Gasteiger partial charge is 0.0514 e. The molecule has 0 aromatic heterocycles. The van der Waals surface area contributed by atoms with Crippen LogP contribution < -0.4 is 0 Å². The molecule has 0 aliphatic carbocycles. The minimum Gasteiger partial charge on any atom is -0.393 e. The van der Waals surface area contributed by atoms with Gasteiger partial charge in [0.25, 0.3) is 0 Å². The predicted molar refractivity (Wildman–Crippen MR) is 64.9 cm³/mol. The molecule has 0 amide bonds. The van der Waals surface area contributed by atoms with E-state index in [-0.39, 0.29) is 6.10 Å². The fourth-order valence-corrected chi connectivity index (χ4v) is 2.20. The Hall–Kier alpha value is -0.820. The molecule has 0 radical (unpaired) electrons. The molecular weight excluding hydrogens is 184 g/mol. The summed E-state index contributed by atoms with van der Waals surface area (Å²) in [6, 6.07) is 10.6. The Morgan fingerprint density at radius 1 is 1.00 bits per heavy atom. The van der Waals surface area contributed by atoms with Gasteiger partial charge >= 0.3 is 0 Å². The van der Waals surface area contributed by atoms with Crippen molar-refractivity contribution in [3.8, 4) is 0 Å². The monoisotopic (exact) mass is 206 g/mol. The first kappa shape index (κ1) is 12.3. The zero-order chi connectivity index (χ0) is 11.3. The molecule has 1 aromatic carbocycles. The van der Waals surface area contributed by atoms with Crippen LogP contribution >= 0.6 is 0 Å². The van der Waals surface area contributed by atoms with Crippen molar-refractivity contribution in [1.29, 1.82) is 0 Å². The van der Waals surface area contributed by atoms with Crippen molar-refractivity contribution in [3.63, 3.8) is 0 Å². The maximum atomic E-state index is 9.31. The van der Waals surface area contributed by atoms with Crippen molar-refractivity contribution in [2.45, 2.75) is 45.6 Å². The Morgan fingerprint density at radius 2 is 1.60 bits per heavy atom. The van der Waals surface area contributed by atoms with Crippen LogP contribution in [0, 0.1) is 5.92 Å². The van der Waals surface area contributed by atoms with E-state index in [1.807, 2.05) is 6.92 Å². The maximum Gasteiger partial charge on any atom is 0.0514 e. The number of aliphatic hydroxyl groups is 1. The van der Waals surface area contributed by atoms with E-state index >= 15 is 0 Å². The Kier molecular flexibility index (Phi) is 4.83. The summed E-state index contributed by atoms with van der Waals surface area (Å²) in [4.78, 5) is 0. The van der Waals surface area contributed by atoms with Crippen LogP contribution in [0.1, 0.15) is 45.1 Å². The summed E-state index contributed by atoms with van der Waals surface area (Å²) in [5.74, 6) is 1.17. The molecule has 84 valence electrons. The second-order valence-corrected chi connectivity index (χ2v) is 4.74. The number of rotatable bonds is 5. The quantitative estimate of drug-likeness (QED) is 0.780. The Morgan fingerprint density at radius 3 is 2.13 bits per heavy atom. The van der Waals surface area contributed by atoms with E-state index in [9.17, 15) is 5.11 Å². The van der Waals surface area contributed by atoms with Crippen molar-refractivity contribution in [1.82, 2.24) is 0 Å². The van der Waals surface area contributed by atoms with Gasteiger partial charge in [-0.1, -0.05) is 44.2 Å². The van der Waals surface area contributed by atoms with Gasteiger partial charge in [0, 0.05) is 0 Å². The van der Waals surface area contributed by atoms with Crippen molar-refractivity contribution in [2.75, 3.05) is 0 Å². The second kappa shape index (κ2) is 5.92. The first-order valence-corrected chi connectivity index (χ1v) is 5.82. The lowest BCUT2D eigenvalue weighted by atomic mass is 9.88. The summed E-state index contributed by atoms with van der Waals surface area (Å²) in [6.45, 7) is 6.34. The number of benzene rings is 1. The molecule has 1 heteroatoms. The third kappa shape index (κ3) is 4.48. The summed E-state index contributed by atoms with van der Waals surface area (Å²) in [7, 11) is 0. The standard InChI is InChI=1S/C14H22O/c1-11(10-13(3)15)9-12(2)14-7-5-4-6-8-14/h4-8,11-13,15H,9-10H2,1-3H3. The van der Waals surface area contributed by atoms with Crippen LogP contribution in [0.5, 0.6) is 0 Å². The van der Waals surface area contributed by atoms with Crippen molar-refractivity contribution in [3.05, 3.63) is 35.9 Å². The summed E-state index contributed by atoms with van der Waals surface area (Å²) >= 11 is 0. The van der Waals surface area contributed by atoms with Gasteiger partial charge in [-0.25, -0.2) is 0 Å². The average molecular weight is 206 g/mol. The van der Waals surface area contributed by atoms with Crippen LogP contribution in [0.2, 0.25) is 0 Å². The van der Waals surface area contributed by atoms with Crippen LogP contribution in [-0.2, 0) is 0 Å². The van der Waals surface area contributed by atoms with E-state index in [4.69, 9.17) is 0 Å². The highest BCUT2D eigenvalue weighted by Gasteiger charge is 2.12. The molecule has 1 nitrogen and oxygen atoms in total. The van der Waals surface area contributed by atoms with Crippen molar-refractivity contribution in [2.24, 2.45) is 5.92 Å². The van der Waals surface area contributed by atoms with Gasteiger partial charge in [0.1, 0.15) is 0 Å². The molecular formula is C14H22O. The molecule has 0 saturated carbocycles. The summed E-state index contributed by atoms with van der Waals surface area (Å²) in [6.07, 6.45) is 1.87. The average Bonchev–Trinajstić information content (AvgIpc) is 2.17. The van der Waals surface area contributed by atoms with E-state index in [0.29, 0.717) is 11.8 Å². The highest BCUT2D eigenvalue weighted by atomic mass is 16.3. The minimum absolute atomic E-state index is 0.178. The lowest BCUT2D eigenvalue weighted by molar-refractivity contribution is 0.160. The Bertz CT molecular complexity index is 266. The van der Waals surface area contributed by atoms with Gasteiger partial charge in [0.05, 0.1) is 6.10 Å². The highest BCUT2D eigenvalue weighted by molar-refractivity contribution is 5.18. The number of hydrogen-bond acceptors (Lipinski definition) is 1. The largest absolute Gasteiger partial charge is 0.393 e. The molecule has 0 fully saturated rings. The van der Waals surface area contributed by atoms with Gasteiger partial charge in [-0.05, 0) is 37.2 Å². The topological polar surface area (TPSA) is 20.2 Å². The van der Waals surface area contributed by atoms with Crippen molar-refractivity contribution < 1.29 is 5.11 Å². The van der Waals surface area contributed by atoms with E-state index < -0.39 is 0 Å². The molecule has 1 aromatic rings. The van der Waals surface area contributed by atoms with Crippen molar-refractivity contribution >= 4 is 0 Å². The molecule has 15 heavy (non-hydrogen) atoms. The third-order valence-electron chi connectivity index (χ3n) is 2.87. The van der Waals surface area contributed by atoms with Crippen LogP contribution in [0.3, 0.4) is 0 Å². The lowest BCUT2D eigenvalue weighted by Crippen LogP contribution is -2.09. The van der Waals surface area contributed by atoms with E-state index in [2.05, 4.69) is 44.2 Å². The highest BCUT2D eigenvalue weighted by Crippen LogP contribution is 2.25. The van der Waals surface area contributed by atoms with Crippen LogP contribution in [-0.4, -0.2) is 11.2 Å². The van der Waals surface area contributed by atoms with Gasteiger partial charge in [-0.2, -0.15) is 0 Å². The van der Waals surface area contributed by atoms with E-state index in [0.717, 1.165) is 12.8 Å². The van der Waals surface area contributed by atoms with Gasteiger partial charge in [0.2, 0.25) is 0 Å². The fourth-order valence-electron chi connectivity index (χ4n) is 2.20. The van der Waals surface area contributed by atoms with E-state index in [1.165, 1.54) is 5.56 Å². The molecule has 0 saturated heterocycles. The van der Waals surface area contributed by atoms with Gasteiger partial charge in [-0.15, -0.1) is 0 Å². The zero-order valence-corrected chi connectivity index (χ0v) is 9.98. The molecule has 0 spiro atoms. The first-order valence-electron chi connectivity index (χ1n) is 5.82. The summed E-state index contributed by atoms with van der Waals surface area (Å²) in [5, 5.41) is 9.31. The molecule has 0 heterocycles. The predicted octanol–water partition coefficient (Wildman–Crippen LogP) is 3.59. The maximum absolute atomic E-state index is 9.31. The first-order chi connectivity index (χ1) is 7.09. The lowest BCUT2D eigenvalue weighted by Gasteiger charge is -2.18. The van der Waals surface area contributed by atoms with Crippen LogP contribution in [0.4, 0.5) is 0 Å². The molecule has 0 aliphatic rings. The number of aliphatic hydroxyl groups excluding tert-OH is 1. The molecule has 0 bridgehead atoms. The van der Waals surface area contributed by atoms with Gasteiger partial charge in [0.15, 0.2) is 0 Å². The third-order valence-corrected chi connectivity index (χ3v) is 2.87. The van der Waals surface area contributed by atoms with Crippen LogP contribution in [0.25, 0.3) is 0 Å². The van der Waals surface area contributed by atoms with Gasteiger partial charge < -0.3 is 5.11 Å². The minimum atomic E-state index is -0.178. The Labute approximate surface area is 93.1 Å². The van der Waals surface area contributed by atoms with E-state index in [1.54, 1.807) is 0 Å². The van der Waals surface area contributed by atoms with Gasteiger partial charge in [-0.3, -0.25) is 0 Å². The fraction of sp³-hybridized carbons (Fsp3) is 0.571. The normalized spacial score (nSPS) is 17.1. The zero-order valence-electron chi connectivity index (χ0n) is 9.98. The molecule has 1 N–H and O–H groups in total. The molecule has 3 atom stereocenters. The van der Waals surface area contributed by atoms with Crippen LogP contribution in [0.15, 0.2) is 30.3 Å². The SMILES string of the molecule is CC(O)CC(C)CC(C)c1ccccc1. The molecule has 1 rings (SSSR count). The Balaban J connectivity index is 2.45. The summed E-state index contributed by atoms with van der Waals surface area (Å²) in [5.41, 5.74) is 1.40. The number of hydrogen-bond donors (Lipinski definition) is 1. The summed E-state index contributed by atoms with van der Waals surface area (Å²) < 4.78 is 0.